The van der Waals surface area contributed by atoms with Crippen molar-refractivity contribution >= 4 is 0 Å². The summed E-state index contributed by atoms with van der Waals surface area (Å²) in [6.45, 7) is 11.8. The van der Waals surface area contributed by atoms with Gasteiger partial charge in [-0.2, -0.15) is 5.26 Å². The Balaban J connectivity index is 2.06. The Morgan fingerprint density at radius 3 is 2.16 bits per heavy atom. The van der Waals surface area contributed by atoms with Crippen LogP contribution in [0, 0.1) is 37.5 Å². The Hall–Kier alpha value is -1.33. The fraction of sp³-hybridized carbons (Fsp3) is 0.588. The highest BCUT2D eigenvalue weighted by Gasteiger charge is 2.29. The summed E-state index contributed by atoms with van der Waals surface area (Å²) in [7, 11) is 0. The number of likely N-dealkylation sites (tertiary alicyclic amines) is 1. The van der Waals surface area contributed by atoms with Crippen molar-refractivity contribution < 1.29 is 0 Å². The summed E-state index contributed by atoms with van der Waals surface area (Å²) in [5.41, 5.74) is 5.49. The first kappa shape index (κ1) is 14.1. The SMILES string of the molecule is Cc1cc(C)c(CN2CCC(C)(C#N)CC2)c(C)c1. The Kier molecular flexibility index (Phi) is 3.96. The van der Waals surface area contributed by atoms with Crippen molar-refractivity contribution in [3.63, 3.8) is 0 Å². The average molecular weight is 256 g/mol. The molecule has 0 radical (unpaired) electrons. The van der Waals surface area contributed by atoms with Gasteiger partial charge in [-0.15, -0.1) is 0 Å². The predicted octanol–water partition coefficient (Wildman–Crippen LogP) is 3.74. The van der Waals surface area contributed by atoms with Crippen molar-refractivity contribution in [1.29, 1.82) is 5.26 Å². The third-order valence-electron chi connectivity index (χ3n) is 4.45. The molecule has 102 valence electrons. The number of nitrogens with zero attached hydrogens (tertiary/aromatic N) is 2. The molecular weight excluding hydrogens is 232 g/mol. The predicted molar refractivity (Wildman–Crippen MR) is 78.9 cm³/mol. The molecule has 0 N–H and O–H groups in total. The molecule has 0 aliphatic carbocycles. The van der Waals surface area contributed by atoms with Crippen LogP contribution in [0.3, 0.4) is 0 Å². The summed E-state index contributed by atoms with van der Waals surface area (Å²) in [6, 6.07) is 7.01. The Bertz CT molecular complexity index is 479. The van der Waals surface area contributed by atoms with Crippen LogP contribution in [-0.4, -0.2) is 18.0 Å². The third kappa shape index (κ3) is 3.16. The first-order valence-corrected chi connectivity index (χ1v) is 7.14. The minimum atomic E-state index is -0.103. The van der Waals surface area contributed by atoms with Crippen LogP contribution in [0.15, 0.2) is 12.1 Å². The molecule has 1 fully saturated rings. The second-order valence-corrected chi connectivity index (χ2v) is 6.33. The van der Waals surface area contributed by atoms with Crippen molar-refractivity contribution in [3.8, 4) is 6.07 Å². The first-order chi connectivity index (χ1) is 8.93. The minimum Gasteiger partial charge on any atom is -0.299 e. The summed E-state index contributed by atoms with van der Waals surface area (Å²) >= 11 is 0. The van der Waals surface area contributed by atoms with E-state index in [4.69, 9.17) is 0 Å². The molecule has 2 nitrogen and oxygen atoms in total. The lowest BCUT2D eigenvalue weighted by Gasteiger charge is -2.35. The molecule has 1 aliphatic heterocycles. The number of benzene rings is 1. The van der Waals surface area contributed by atoms with Gasteiger partial charge in [-0.1, -0.05) is 17.7 Å². The van der Waals surface area contributed by atoms with Crippen molar-refractivity contribution in [1.82, 2.24) is 4.90 Å². The van der Waals surface area contributed by atoms with E-state index < -0.39 is 0 Å². The molecule has 1 aromatic carbocycles. The molecule has 0 amide bonds. The lowest BCUT2D eigenvalue weighted by atomic mass is 9.82. The first-order valence-electron chi connectivity index (χ1n) is 7.14. The Morgan fingerprint density at radius 1 is 1.16 bits per heavy atom. The molecule has 0 bridgehead atoms. The van der Waals surface area contributed by atoms with E-state index in [9.17, 15) is 5.26 Å². The number of aryl methyl sites for hydroxylation is 3. The molecule has 1 heterocycles. The van der Waals surface area contributed by atoms with Crippen LogP contribution in [0.1, 0.15) is 42.0 Å². The van der Waals surface area contributed by atoms with E-state index in [2.05, 4.69) is 50.8 Å². The quantitative estimate of drug-likeness (QED) is 0.806. The standard InChI is InChI=1S/C17H24N2/c1-13-9-14(2)16(15(3)10-13)11-19-7-5-17(4,12-18)6-8-19/h9-10H,5-8,11H2,1-4H3. The summed E-state index contributed by atoms with van der Waals surface area (Å²) in [5.74, 6) is 0. The van der Waals surface area contributed by atoms with Crippen LogP contribution in [-0.2, 0) is 6.54 Å². The highest BCUT2D eigenvalue weighted by Crippen LogP contribution is 2.31. The van der Waals surface area contributed by atoms with Crippen LogP contribution < -0.4 is 0 Å². The van der Waals surface area contributed by atoms with Gasteiger partial charge in [0, 0.05) is 6.54 Å². The molecule has 2 rings (SSSR count). The van der Waals surface area contributed by atoms with Gasteiger partial charge in [-0.25, -0.2) is 0 Å². The lowest BCUT2D eigenvalue weighted by Crippen LogP contribution is -2.37. The molecule has 19 heavy (non-hydrogen) atoms. The fourth-order valence-corrected chi connectivity index (χ4v) is 3.00. The van der Waals surface area contributed by atoms with Gasteiger partial charge >= 0.3 is 0 Å². The molecule has 0 unspecified atom stereocenters. The largest absolute Gasteiger partial charge is 0.299 e. The van der Waals surface area contributed by atoms with Gasteiger partial charge in [-0.3, -0.25) is 4.90 Å². The molecule has 0 spiro atoms. The summed E-state index contributed by atoms with van der Waals surface area (Å²) in [4.78, 5) is 2.49. The van der Waals surface area contributed by atoms with Crippen molar-refractivity contribution in [3.05, 3.63) is 34.4 Å². The molecule has 0 saturated carbocycles. The smallest absolute Gasteiger partial charge is 0.0687 e. The molecule has 0 atom stereocenters. The zero-order valence-corrected chi connectivity index (χ0v) is 12.6. The third-order valence-corrected chi connectivity index (χ3v) is 4.45. The van der Waals surface area contributed by atoms with Crippen LogP contribution in [0.25, 0.3) is 0 Å². The maximum atomic E-state index is 9.18. The Morgan fingerprint density at radius 2 is 1.68 bits per heavy atom. The van der Waals surface area contributed by atoms with E-state index in [1.165, 1.54) is 22.3 Å². The summed E-state index contributed by atoms with van der Waals surface area (Å²) < 4.78 is 0. The van der Waals surface area contributed by atoms with E-state index in [-0.39, 0.29) is 5.41 Å². The van der Waals surface area contributed by atoms with Crippen LogP contribution >= 0.6 is 0 Å². The number of rotatable bonds is 2. The van der Waals surface area contributed by atoms with Crippen molar-refractivity contribution in [2.75, 3.05) is 13.1 Å². The van der Waals surface area contributed by atoms with E-state index in [0.29, 0.717) is 0 Å². The highest BCUT2D eigenvalue weighted by atomic mass is 15.1. The number of hydrogen-bond donors (Lipinski definition) is 0. The molecule has 0 aromatic heterocycles. The number of piperidine rings is 1. The van der Waals surface area contributed by atoms with Gasteiger partial charge in [0.05, 0.1) is 11.5 Å². The van der Waals surface area contributed by atoms with E-state index in [1.54, 1.807) is 0 Å². The van der Waals surface area contributed by atoms with Crippen molar-refractivity contribution in [2.45, 2.75) is 47.1 Å². The van der Waals surface area contributed by atoms with Crippen LogP contribution in [0.4, 0.5) is 0 Å². The van der Waals surface area contributed by atoms with E-state index in [1.807, 2.05) is 0 Å². The maximum absolute atomic E-state index is 9.18. The van der Waals surface area contributed by atoms with Gasteiger partial charge in [0.2, 0.25) is 0 Å². The van der Waals surface area contributed by atoms with Gasteiger partial charge < -0.3 is 0 Å². The highest BCUT2D eigenvalue weighted by molar-refractivity contribution is 5.37. The van der Waals surface area contributed by atoms with Gasteiger partial charge in [-0.05, 0) is 70.3 Å². The monoisotopic (exact) mass is 256 g/mol. The van der Waals surface area contributed by atoms with Crippen LogP contribution in [0.2, 0.25) is 0 Å². The fourth-order valence-electron chi connectivity index (χ4n) is 3.00. The lowest BCUT2D eigenvalue weighted by molar-refractivity contribution is 0.150. The summed E-state index contributed by atoms with van der Waals surface area (Å²) in [6.07, 6.45) is 1.99. The number of hydrogen-bond acceptors (Lipinski definition) is 2. The molecule has 2 heteroatoms. The normalized spacial score (nSPS) is 19.1. The van der Waals surface area contributed by atoms with Gasteiger partial charge in [0.1, 0.15) is 0 Å². The zero-order valence-electron chi connectivity index (χ0n) is 12.6. The summed E-state index contributed by atoms with van der Waals surface area (Å²) in [5, 5.41) is 9.18. The second-order valence-electron chi connectivity index (χ2n) is 6.33. The zero-order chi connectivity index (χ0) is 14.0. The van der Waals surface area contributed by atoms with Gasteiger partial charge in [0.25, 0.3) is 0 Å². The van der Waals surface area contributed by atoms with E-state index >= 15 is 0 Å². The topological polar surface area (TPSA) is 27.0 Å². The average Bonchev–Trinajstić information content (AvgIpc) is 2.36. The maximum Gasteiger partial charge on any atom is 0.0687 e. The second kappa shape index (κ2) is 5.35. The minimum absolute atomic E-state index is 0.103. The molecule has 1 aliphatic rings. The van der Waals surface area contributed by atoms with Crippen LogP contribution in [0.5, 0.6) is 0 Å². The number of nitriles is 1. The van der Waals surface area contributed by atoms with Gasteiger partial charge in [0.15, 0.2) is 0 Å². The van der Waals surface area contributed by atoms with E-state index in [0.717, 1.165) is 32.5 Å². The van der Waals surface area contributed by atoms with Crippen molar-refractivity contribution in [2.24, 2.45) is 5.41 Å². The molecule has 1 saturated heterocycles. The Labute approximate surface area is 117 Å². The molecule has 1 aromatic rings. The molecular formula is C17H24N2.